The molecule has 2 atom stereocenters. The number of nitrogens with zero attached hydrogens (tertiary/aromatic N) is 4. The first-order valence-electron chi connectivity index (χ1n) is 10.4. The molecular formula is C21H20N6O7S2. The van der Waals surface area contributed by atoms with Crippen molar-refractivity contribution in [2.45, 2.75) is 16.6 Å². The second-order valence-corrected chi connectivity index (χ2v) is 9.64. The first-order chi connectivity index (χ1) is 17.2. The Labute approximate surface area is 211 Å². The average Bonchev–Trinajstić information content (AvgIpc) is 2.86. The van der Waals surface area contributed by atoms with Crippen LogP contribution in [0.25, 0.3) is 0 Å². The molecule has 4 rings (SSSR count). The highest BCUT2D eigenvalue weighted by molar-refractivity contribution is 8.01. The average molecular weight is 533 g/mol. The van der Waals surface area contributed by atoms with Gasteiger partial charge in [-0.05, 0) is 5.57 Å². The minimum atomic E-state index is -1.29. The van der Waals surface area contributed by atoms with Crippen LogP contribution in [-0.4, -0.2) is 78.3 Å². The normalized spacial score (nSPS) is 19.4. The first kappa shape index (κ1) is 25.2. The Balaban J connectivity index is 1.51. The Bertz CT molecular complexity index is 1400. The van der Waals surface area contributed by atoms with Gasteiger partial charge in [0.05, 0.1) is 0 Å². The summed E-state index contributed by atoms with van der Waals surface area (Å²) in [5, 5.41) is 18.2. The van der Waals surface area contributed by atoms with Crippen LogP contribution in [-0.2, 0) is 26.3 Å². The van der Waals surface area contributed by atoms with Crippen LogP contribution >= 0.6 is 23.5 Å². The number of fused-ring (bicyclic) bond motifs is 1. The highest BCUT2D eigenvalue weighted by Crippen LogP contribution is 2.41. The van der Waals surface area contributed by atoms with E-state index in [4.69, 9.17) is 4.84 Å². The zero-order valence-corrected chi connectivity index (χ0v) is 20.6. The number of carboxylic acid groups (broad SMARTS) is 1. The van der Waals surface area contributed by atoms with E-state index < -0.39 is 40.3 Å². The van der Waals surface area contributed by atoms with Gasteiger partial charge in [0.1, 0.15) is 24.2 Å². The topological polar surface area (TPSA) is 176 Å². The number of hydrogen-bond donors (Lipinski definition) is 3. The van der Waals surface area contributed by atoms with Gasteiger partial charge in [0, 0.05) is 24.1 Å². The number of oxime groups is 1. The summed E-state index contributed by atoms with van der Waals surface area (Å²) in [6, 6.07) is 7.63. The van der Waals surface area contributed by atoms with Crippen LogP contribution in [0.4, 0.5) is 0 Å². The summed E-state index contributed by atoms with van der Waals surface area (Å²) in [7, 11) is 2.80. The maximum atomic E-state index is 12.9. The van der Waals surface area contributed by atoms with E-state index in [1.165, 1.54) is 30.6 Å². The van der Waals surface area contributed by atoms with Crippen LogP contribution < -0.4 is 16.4 Å². The van der Waals surface area contributed by atoms with Gasteiger partial charge in [-0.3, -0.25) is 33.9 Å². The summed E-state index contributed by atoms with van der Waals surface area (Å²) in [6.07, 6.45) is 0. The van der Waals surface area contributed by atoms with E-state index in [1.54, 1.807) is 30.3 Å². The number of β-lactam (4-membered cyclic amide) rings is 1. The number of aromatic nitrogens is 3. The van der Waals surface area contributed by atoms with Gasteiger partial charge in [-0.1, -0.05) is 47.2 Å². The molecule has 15 heteroatoms. The van der Waals surface area contributed by atoms with Gasteiger partial charge < -0.3 is 15.3 Å². The molecule has 0 radical (unpaired) electrons. The Morgan fingerprint density at radius 1 is 1.31 bits per heavy atom. The molecule has 188 valence electrons. The maximum Gasteiger partial charge on any atom is 0.352 e. The molecule has 0 aliphatic carbocycles. The molecule has 1 aromatic carbocycles. The molecular weight excluding hydrogens is 512 g/mol. The molecule has 2 aliphatic rings. The third-order valence-electron chi connectivity index (χ3n) is 5.30. The standard InChI is InChI=1S/C21H20N6O7S2/c1-26-21(23-16(29)17(30)24-26)36-9-11-8-35-19-13(18(31)27(19)14(11)20(32)33)22-15(28)12(25-34-2)10-6-4-3-5-7-10/h3-7,13,19H,8-9H2,1-2H3,(H,22,28)(H,24,30)(H,32,33)/t13-,19+/m1/s1. The number of rotatable bonds is 8. The summed E-state index contributed by atoms with van der Waals surface area (Å²) in [6.45, 7) is 0. The number of aromatic amines is 1. The second-order valence-electron chi connectivity index (χ2n) is 7.59. The highest BCUT2D eigenvalue weighted by atomic mass is 32.2. The lowest BCUT2D eigenvalue weighted by Crippen LogP contribution is -2.71. The number of aliphatic carboxylic acids is 1. The van der Waals surface area contributed by atoms with Gasteiger partial charge in [-0.15, -0.1) is 11.8 Å². The lowest BCUT2D eigenvalue weighted by molar-refractivity contribution is -0.150. The molecule has 13 nitrogen and oxygen atoms in total. The highest BCUT2D eigenvalue weighted by Gasteiger charge is 2.54. The van der Waals surface area contributed by atoms with Crippen LogP contribution in [0.3, 0.4) is 0 Å². The third-order valence-corrected chi connectivity index (χ3v) is 7.76. The number of carboxylic acids is 1. The fourth-order valence-electron chi connectivity index (χ4n) is 3.66. The molecule has 3 N–H and O–H groups in total. The fraction of sp³-hybridized carbons (Fsp3) is 0.286. The van der Waals surface area contributed by atoms with Crippen molar-refractivity contribution >= 4 is 47.0 Å². The maximum absolute atomic E-state index is 12.9. The Hall–Kier alpha value is -3.85. The summed E-state index contributed by atoms with van der Waals surface area (Å²) in [5.41, 5.74) is -1.08. The fourth-order valence-corrected chi connectivity index (χ4v) is 6.06. The van der Waals surface area contributed by atoms with E-state index in [1.807, 2.05) is 0 Å². The Morgan fingerprint density at radius 3 is 2.69 bits per heavy atom. The predicted molar refractivity (Wildman–Crippen MR) is 130 cm³/mol. The summed E-state index contributed by atoms with van der Waals surface area (Å²) < 4.78 is 1.26. The zero-order valence-electron chi connectivity index (χ0n) is 19.0. The molecule has 2 aliphatic heterocycles. The van der Waals surface area contributed by atoms with Crippen molar-refractivity contribution in [1.29, 1.82) is 0 Å². The molecule has 2 aromatic rings. The van der Waals surface area contributed by atoms with Crippen molar-refractivity contribution < 1.29 is 24.3 Å². The van der Waals surface area contributed by atoms with Gasteiger partial charge in [0.15, 0.2) is 10.9 Å². The van der Waals surface area contributed by atoms with Crippen molar-refractivity contribution in [3.05, 3.63) is 67.9 Å². The van der Waals surface area contributed by atoms with E-state index in [-0.39, 0.29) is 28.1 Å². The van der Waals surface area contributed by atoms with Gasteiger partial charge in [0.25, 0.3) is 11.8 Å². The number of carbonyl (C=O) groups is 3. The smallest absolute Gasteiger partial charge is 0.352 e. The molecule has 1 saturated heterocycles. The van der Waals surface area contributed by atoms with Crippen LogP contribution in [0.1, 0.15) is 5.56 Å². The summed E-state index contributed by atoms with van der Waals surface area (Å²) in [5.74, 6) is -2.10. The van der Waals surface area contributed by atoms with Crippen molar-refractivity contribution in [3.63, 3.8) is 0 Å². The second kappa shape index (κ2) is 10.4. The van der Waals surface area contributed by atoms with Gasteiger partial charge in [-0.2, -0.15) is 4.98 Å². The number of benzene rings is 1. The molecule has 0 unspecified atom stereocenters. The molecule has 0 bridgehead atoms. The molecule has 1 aromatic heterocycles. The quantitative estimate of drug-likeness (QED) is 0.130. The molecule has 0 spiro atoms. The summed E-state index contributed by atoms with van der Waals surface area (Å²) in [4.78, 5) is 70.5. The lowest BCUT2D eigenvalue weighted by atomic mass is 10.0. The largest absolute Gasteiger partial charge is 0.477 e. The monoisotopic (exact) mass is 532 g/mol. The number of H-pyrrole nitrogens is 1. The van der Waals surface area contributed by atoms with E-state index in [2.05, 4.69) is 20.6 Å². The molecule has 3 heterocycles. The van der Waals surface area contributed by atoms with E-state index >= 15 is 0 Å². The van der Waals surface area contributed by atoms with E-state index in [9.17, 15) is 29.1 Å². The van der Waals surface area contributed by atoms with Crippen LogP contribution in [0, 0.1) is 0 Å². The van der Waals surface area contributed by atoms with Crippen molar-refractivity contribution in [3.8, 4) is 0 Å². The molecule has 0 saturated carbocycles. The number of aryl methyl sites for hydroxylation is 1. The number of amides is 2. The van der Waals surface area contributed by atoms with Crippen LogP contribution in [0.5, 0.6) is 0 Å². The molecule has 36 heavy (non-hydrogen) atoms. The van der Waals surface area contributed by atoms with Crippen molar-refractivity contribution in [1.82, 2.24) is 25.0 Å². The zero-order chi connectivity index (χ0) is 26.0. The van der Waals surface area contributed by atoms with Gasteiger partial charge in [0.2, 0.25) is 0 Å². The van der Waals surface area contributed by atoms with E-state index in [0.29, 0.717) is 11.1 Å². The Morgan fingerprint density at radius 2 is 2.03 bits per heavy atom. The number of thioether (sulfide) groups is 2. The third kappa shape index (κ3) is 4.79. The number of carbonyl (C=O) groups excluding carboxylic acids is 2. The van der Waals surface area contributed by atoms with Gasteiger partial charge >= 0.3 is 17.1 Å². The van der Waals surface area contributed by atoms with Crippen molar-refractivity contribution in [2.24, 2.45) is 12.2 Å². The predicted octanol–water partition coefficient (Wildman–Crippen LogP) is -0.650. The Kier molecular flexibility index (Phi) is 7.30. The van der Waals surface area contributed by atoms with E-state index in [0.717, 1.165) is 16.7 Å². The van der Waals surface area contributed by atoms with Crippen molar-refractivity contribution in [2.75, 3.05) is 18.6 Å². The SMILES string of the molecule is CON=C(C(=O)N[C@@H]1C(=O)N2C(C(=O)O)=C(CSc3nc(=O)c(=O)[nH]n3C)CS[C@@H]12)c1ccccc1. The lowest BCUT2D eigenvalue weighted by Gasteiger charge is -2.49. The number of nitrogens with one attached hydrogen (secondary N) is 2. The summed E-state index contributed by atoms with van der Waals surface area (Å²) >= 11 is 2.35. The van der Waals surface area contributed by atoms with Crippen LogP contribution in [0.2, 0.25) is 0 Å². The molecule has 1 fully saturated rings. The van der Waals surface area contributed by atoms with Gasteiger partial charge in [-0.25, -0.2) is 4.79 Å². The minimum Gasteiger partial charge on any atom is -0.477 e. The minimum absolute atomic E-state index is 0.0183. The first-order valence-corrected chi connectivity index (χ1v) is 12.4. The number of hydrogen-bond acceptors (Lipinski definition) is 10. The molecule has 2 amide bonds. The van der Waals surface area contributed by atoms with Crippen LogP contribution in [0.15, 0.2) is 61.5 Å².